The van der Waals surface area contributed by atoms with Crippen LogP contribution in [0.4, 0.5) is 0 Å². The maximum Gasteiger partial charge on any atom is 0.215 e. The number of sulfonamides is 1. The zero-order valence-corrected chi connectivity index (χ0v) is 16.4. The average molecular weight is 383 g/mol. The third-order valence-corrected chi connectivity index (χ3v) is 5.49. The minimum absolute atomic E-state index is 0.0226. The summed E-state index contributed by atoms with van der Waals surface area (Å²) in [5.74, 6) is 1.50. The van der Waals surface area contributed by atoms with Crippen molar-refractivity contribution in [2.45, 2.75) is 31.6 Å². The van der Waals surface area contributed by atoms with Crippen LogP contribution in [-0.2, 0) is 27.1 Å². The molecule has 2 rings (SSSR count). The Morgan fingerprint density at radius 2 is 2.04 bits per heavy atom. The molecule has 0 saturated heterocycles. The number of hydrogen-bond acceptors (Lipinski definition) is 4. The van der Waals surface area contributed by atoms with E-state index in [9.17, 15) is 8.42 Å². The number of guanidine groups is 1. The van der Waals surface area contributed by atoms with E-state index >= 15 is 0 Å². The molecule has 26 heavy (non-hydrogen) atoms. The molecule has 1 aliphatic rings. The van der Waals surface area contributed by atoms with Crippen molar-refractivity contribution in [2.75, 3.05) is 33.9 Å². The summed E-state index contributed by atoms with van der Waals surface area (Å²) >= 11 is 0. The summed E-state index contributed by atoms with van der Waals surface area (Å²) in [6.07, 6.45) is 3.57. The molecule has 3 N–H and O–H groups in total. The van der Waals surface area contributed by atoms with Crippen LogP contribution in [0.3, 0.4) is 0 Å². The van der Waals surface area contributed by atoms with E-state index in [0.29, 0.717) is 6.54 Å². The highest BCUT2D eigenvalue weighted by Gasteiger charge is 2.20. The maximum absolute atomic E-state index is 11.7. The lowest BCUT2D eigenvalue weighted by Crippen LogP contribution is -2.37. The fourth-order valence-electron chi connectivity index (χ4n) is 2.44. The summed E-state index contributed by atoms with van der Waals surface area (Å²) in [7, 11) is -0.110. The van der Waals surface area contributed by atoms with E-state index in [1.54, 1.807) is 7.05 Å². The molecule has 1 aromatic rings. The van der Waals surface area contributed by atoms with Gasteiger partial charge in [-0.05, 0) is 43.4 Å². The van der Waals surface area contributed by atoms with Crippen LogP contribution >= 0.6 is 0 Å². The van der Waals surface area contributed by atoms with E-state index in [4.69, 9.17) is 4.74 Å². The van der Waals surface area contributed by atoms with Crippen LogP contribution in [0.5, 0.6) is 0 Å². The van der Waals surface area contributed by atoms with Crippen molar-refractivity contribution >= 4 is 16.0 Å². The second-order valence-electron chi connectivity index (χ2n) is 6.51. The molecule has 0 bridgehead atoms. The van der Waals surface area contributed by atoms with Crippen molar-refractivity contribution < 1.29 is 13.2 Å². The number of ether oxygens (including phenoxy) is 1. The molecule has 1 aromatic carbocycles. The molecular weight excluding hydrogens is 352 g/mol. The van der Waals surface area contributed by atoms with Gasteiger partial charge in [-0.15, -0.1) is 0 Å². The summed E-state index contributed by atoms with van der Waals surface area (Å²) in [6, 6.07) is 7.53. The summed E-state index contributed by atoms with van der Waals surface area (Å²) in [5.41, 5.74) is 1.76. The smallest absolute Gasteiger partial charge is 0.215 e. The van der Waals surface area contributed by atoms with Crippen LogP contribution in [-0.4, -0.2) is 48.2 Å². The van der Waals surface area contributed by atoms with Crippen LogP contribution in [0, 0.1) is 5.92 Å². The fraction of sp³-hybridized carbons (Fsp3) is 0.611. The highest BCUT2D eigenvalue weighted by Crippen LogP contribution is 2.28. The molecule has 1 saturated carbocycles. The van der Waals surface area contributed by atoms with E-state index in [-0.39, 0.29) is 5.75 Å². The molecule has 0 aromatic heterocycles. The zero-order chi connectivity index (χ0) is 18.8. The number of hydrogen-bond donors (Lipinski definition) is 3. The van der Waals surface area contributed by atoms with Gasteiger partial charge < -0.3 is 15.4 Å². The van der Waals surface area contributed by atoms with Gasteiger partial charge in [-0.3, -0.25) is 4.99 Å². The topological polar surface area (TPSA) is 91.8 Å². The van der Waals surface area contributed by atoms with E-state index < -0.39 is 10.0 Å². The molecule has 0 atom stereocenters. The van der Waals surface area contributed by atoms with Gasteiger partial charge in [0.15, 0.2) is 5.96 Å². The van der Waals surface area contributed by atoms with E-state index in [1.807, 2.05) is 24.3 Å². The summed E-state index contributed by atoms with van der Waals surface area (Å²) in [5, 5.41) is 6.50. The van der Waals surface area contributed by atoms with Gasteiger partial charge in [-0.1, -0.05) is 24.3 Å². The molecule has 1 fully saturated rings. The number of rotatable bonds is 11. The summed E-state index contributed by atoms with van der Waals surface area (Å²) in [6.45, 7) is 3.03. The Balaban J connectivity index is 1.69. The highest BCUT2D eigenvalue weighted by atomic mass is 32.2. The molecule has 0 amide bonds. The van der Waals surface area contributed by atoms with Crippen molar-refractivity contribution in [3.8, 4) is 0 Å². The highest BCUT2D eigenvalue weighted by molar-refractivity contribution is 7.88. The summed E-state index contributed by atoms with van der Waals surface area (Å²) in [4.78, 5) is 4.20. The Kier molecular flexibility index (Phi) is 8.34. The van der Waals surface area contributed by atoms with Crippen molar-refractivity contribution in [3.63, 3.8) is 0 Å². The normalized spacial score (nSPS) is 15.1. The molecule has 0 heterocycles. The lowest BCUT2D eigenvalue weighted by atomic mass is 10.1. The zero-order valence-electron chi connectivity index (χ0n) is 15.6. The van der Waals surface area contributed by atoms with Crippen molar-refractivity contribution in [1.29, 1.82) is 0 Å². The minimum atomic E-state index is -3.26. The molecule has 0 spiro atoms. The number of nitrogens with zero attached hydrogens (tertiary/aromatic N) is 1. The van der Waals surface area contributed by atoms with Crippen LogP contribution < -0.4 is 15.4 Å². The maximum atomic E-state index is 11.7. The van der Waals surface area contributed by atoms with Crippen molar-refractivity contribution in [3.05, 3.63) is 35.4 Å². The van der Waals surface area contributed by atoms with Gasteiger partial charge in [0, 0.05) is 33.4 Å². The SMILES string of the molecule is CN=C(NCCCOCC1CC1)NCc1cccc(CS(=O)(=O)NC)c1. The van der Waals surface area contributed by atoms with Gasteiger partial charge in [-0.2, -0.15) is 0 Å². The molecular formula is C18H30N4O3S. The van der Waals surface area contributed by atoms with Gasteiger partial charge in [0.05, 0.1) is 5.75 Å². The number of benzene rings is 1. The molecule has 146 valence electrons. The third-order valence-electron chi connectivity index (χ3n) is 4.15. The average Bonchev–Trinajstić information content (AvgIpc) is 3.45. The Morgan fingerprint density at radius 1 is 1.27 bits per heavy atom. The van der Waals surface area contributed by atoms with Crippen LogP contribution in [0.1, 0.15) is 30.4 Å². The predicted molar refractivity (Wildman–Crippen MR) is 104 cm³/mol. The number of nitrogens with one attached hydrogen (secondary N) is 3. The minimum Gasteiger partial charge on any atom is -0.381 e. The predicted octanol–water partition coefficient (Wildman–Crippen LogP) is 1.22. The standard InChI is InChI=1S/C18H30N4O3S/c1-19-18(21-9-4-10-25-13-15-7-8-15)22-12-16-5-3-6-17(11-16)14-26(23,24)20-2/h3,5-6,11,15,20H,4,7-10,12-14H2,1-2H3,(H2,19,21,22). The quantitative estimate of drug-likeness (QED) is 0.304. The first kappa shape index (κ1) is 20.7. The van der Waals surface area contributed by atoms with Gasteiger partial charge in [0.25, 0.3) is 0 Å². The van der Waals surface area contributed by atoms with Crippen molar-refractivity contribution in [1.82, 2.24) is 15.4 Å². The molecule has 1 aliphatic carbocycles. The third kappa shape index (κ3) is 8.16. The molecule has 0 aliphatic heterocycles. The molecule has 0 radical (unpaired) electrons. The van der Waals surface area contributed by atoms with Gasteiger partial charge in [0.2, 0.25) is 10.0 Å². The second kappa shape index (κ2) is 10.5. The largest absolute Gasteiger partial charge is 0.381 e. The Labute approximate surface area is 156 Å². The molecule has 0 unspecified atom stereocenters. The second-order valence-corrected chi connectivity index (χ2v) is 8.43. The molecule has 8 heteroatoms. The van der Waals surface area contributed by atoms with Crippen LogP contribution in [0.15, 0.2) is 29.3 Å². The van der Waals surface area contributed by atoms with Crippen LogP contribution in [0.25, 0.3) is 0 Å². The number of aliphatic imine (C=N–C) groups is 1. The fourth-order valence-corrected chi connectivity index (χ4v) is 3.21. The first-order valence-corrected chi connectivity index (χ1v) is 10.7. The van der Waals surface area contributed by atoms with Crippen LogP contribution in [0.2, 0.25) is 0 Å². The Morgan fingerprint density at radius 3 is 2.73 bits per heavy atom. The first-order valence-electron chi connectivity index (χ1n) is 9.03. The van der Waals surface area contributed by atoms with E-state index in [0.717, 1.165) is 49.2 Å². The monoisotopic (exact) mass is 382 g/mol. The lowest BCUT2D eigenvalue weighted by Gasteiger charge is -2.12. The lowest BCUT2D eigenvalue weighted by molar-refractivity contribution is 0.123. The van der Waals surface area contributed by atoms with Gasteiger partial charge in [-0.25, -0.2) is 13.1 Å². The van der Waals surface area contributed by atoms with Gasteiger partial charge in [0.1, 0.15) is 0 Å². The molecule has 7 nitrogen and oxygen atoms in total. The van der Waals surface area contributed by atoms with E-state index in [1.165, 1.54) is 19.9 Å². The Bertz CT molecular complexity index is 687. The van der Waals surface area contributed by atoms with Crippen molar-refractivity contribution in [2.24, 2.45) is 10.9 Å². The first-order chi connectivity index (χ1) is 12.5. The van der Waals surface area contributed by atoms with E-state index in [2.05, 4.69) is 20.3 Å². The van der Waals surface area contributed by atoms with Gasteiger partial charge >= 0.3 is 0 Å². The summed E-state index contributed by atoms with van der Waals surface area (Å²) < 4.78 is 31.3. The Hall–Kier alpha value is -1.64.